The lowest BCUT2D eigenvalue weighted by atomic mass is 10.2. The summed E-state index contributed by atoms with van der Waals surface area (Å²) in [5.41, 5.74) is 6.39. The molecule has 0 saturated heterocycles. The Morgan fingerprint density at radius 1 is 1.45 bits per heavy atom. The van der Waals surface area contributed by atoms with Gasteiger partial charge in [-0.2, -0.15) is 0 Å². The highest BCUT2D eigenvalue weighted by Gasteiger charge is 2.14. The largest absolute Gasteiger partial charge is 0.480 e. The SMILES string of the molecule is CN(Cc1ccccc1Br)C(=O)CSCC(N)C(=O)O. The minimum absolute atomic E-state index is 0.0525. The Morgan fingerprint density at radius 3 is 2.70 bits per heavy atom. The fraction of sp³-hybridized carbons (Fsp3) is 0.385. The van der Waals surface area contributed by atoms with Crippen molar-refractivity contribution in [1.29, 1.82) is 0 Å². The van der Waals surface area contributed by atoms with E-state index in [1.165, 1.54) is 11.8 Å². The molecular weight excluding hydrogens is 344 g/mol. The lowest BCUT2D eigenvalue weighted by Crippen LogP contribution is -2.34. The lowest BCUT2D eigenvalue weighted by Gasteiger charge is -2.18. The number of nitrogens with two attached hydrogens (primary N) is 1. The molecule has 1 atom stereocenters. The van der Waals surface area contributed by atoms with Crippen LogP contribution in [0.1, 0.15) is 5.56 Å². The van der Waals surface area contributed by atoms with E-state index < -0.39 is 12.0 Å². The van der Waals surface area contributed by atoms with Crippen molar-refractivity contribution in [2.75, 3.05) is 18.6 Å². The van der Waals surface area contributed by atoms with Crippen LogP contribution < -0.4 is 5.73 Å². The molecule has 20 heavy (non-hydrogen) atoms. The number of rotatable bonds is 7. The molecular formula is C13H17BrN2O3S. The molecule has 110 valence electrons. The van der Waals surface area contributed by atoms with Crippen LogP contribution in [0.15, 0.2) is 28.7 Å². The average molecular weight is 361 g/mol. The normalized spacial score (nSPS) is 11.9. The highest BCUT2D eigenvalue weighted by Crippen LogP contribution is 2.17. The van der Waals surface area contributed by atoms with Gasteiger partial charge >= 0.3 is 5.97 Å². The van der Waals surface area contributed by atoms with Gasteiger partial charge in [-0.3, -0.25) is 9.59 Å². The van der Waals surface area contributed by atoms with Crippen molar-refractivity contribution in [1.82, 2.24) is 4.90 Å². The number of hydrogen-bond acceptors (Lipinski definition) is 4. The summed E-state index contributed by atoms with van der Waals surface area (Å²) in [5, 5.41) is 8.64. The molecule has 1 amide bonds. The maximum Gasteiger partial charge on any atom is 0.321 e. The molecule has 7 heteroatoms. The summed E-state index contributed by atoms with van der Waals surface area (Å²) in [5.74, 6) is -0.652. The van der Waals surface area contributed by atoms with Crippen LogP contribution in [0.2, 0.25) is 0 Å². The Balaban J connectivity index is 2.40. The third kappa shape index (κ3) is 5.52. The molecule has 0 aliphatic heterocycles. The second kappa shape index (κ2) is 8.28. The third-order valence-electron chi connectivity index (χ3n) is 2.63. The number of hydrogen-bond donors (Lipinski definition) is 2. The predicted octanol–water partition coefficient (Wildman–Crippen LogP) is 1.55. The number of carbonyl (C=O) groups is 2. The summed E-state index contributed by atoms with van der Waals surface area (Å²) in [4.78, 5) is 24.1. The highest BCUT2D eigenvalue weighted by atomic mass is 79.9. The van der Waals surface area contributed by atoms with E-state index in [-0.39, 0.29) is 17.4 Å². The number of halogens is 1. The number of nitrogens with zero attached hydrogens (tertiary/aromatic N) is 1. The van der Waals surface area contributed by atoms with E-state index in [4.69, 9.17) is 10.8 Å². The second-order valence-corrected chi connectivity index (χ2v) is 6.19. The Morgan fingerprint density at radius 2 is 2.10 bits per heavy atom. The van der Waals surface area contributed by atoms with Crippen LogP contribution in [-0.4, -0.2) is 46.5 Å². The van der Waals surface area contributed by atoms with Crippen molar-refractivity contribution in [3.05, 3.63) is 34.3 Å². The Bertz CT molecular complexity index is 484. The van der Waals surface area contributed by atoms with Gasteiger partial charge in [0.2, 0.25) is 5.91 Å². The zero-order chi connectivity index (χ0) is 15.1. The van der Waals surface area contributed by atoms with Gasteiger partial charge in [-0.25, -0.2) is 0 Å². The van der Waals surface area contributed by atoms with Gasteiger partial charge in [0, 0.05) is 23.8 Å². The van der Waals surface area contributed by atoms with Crippen LogP contribution in [0, 0.1) is 0 Å². The molecule has 0 aliphatic rings. The Kier molecular flexibility index (Phi) is 7.04. The molecule has 0 aliphatic carbocycles. The first kappa shape index (κ1) is 17.0. The number of carboxylic acid groups (broad SMARTS) is 1. The number of carbonyl (C=O) groups excluding carboxylic acids is 1. The van der Waals surface area contributed by atoms with Gasteiger partial charge in [0.05, 0.1) is 5.75 Å². The molecule has 1 rings (SSSR count). The fourth-order valence-corrected chi connectivity index (χ4v) is 2.74. The zero-order valence-electron chi connectivity index (χ0n) is 11.1. The van der Waals surface area contributed by atoms with E-state index in [2.05, 4.69) is 15.9 Å². The van der Waals surface area contributed by atoms with Crippen molar-refractivity contribution in [3.8, 4) is 0 Å². The van der Waals surface area contributed by atoms with E-state index in [1.807, 2.05) is 24.3 Å². The first-order valence-corrected chi connectivity index (χ1v) is 7.90. The van der Waals surface area contributed by atoms with Crippen LogP contribution >= 0.6 is 27.7 Å². The molecule has 1 aromatic carbocycles. The van der Waals surface area contributed by atoms with Crippen molar-refractivity contribution >= 4 is 39.6 Å². The van der Waals surface area contributed by atoms with Crippen molar-refractivity contribution in [2.24, 2.45) is 5.73 Å². The quantitative estimate of drug-likeness (QED) is 0.770. The van der Waals surface area contributed by atoms with Crippen LogP contribution in [0.25, 0.3) is 0 Å². The van der Waals surface area contributed by atoms with Gasteiger partial charge in [-0.05, 0) is 11.6 Å². The summed E-state index contributed by atoms with van der Waals surface area (Å²) >= 11 is 4.67. The van der Waals surface area contributed by atoms with Gasteiger partial charge in [-0.15, -0.1) is 11.8 Å². The van der Waals surface area contributed by atoms with E-state index >= 15 is 0 Å². The first-order valence-electron chi connectivity index (χ1n) is 5.95. The monoisotopic (exact) mass is 360 g/mol. The Labute approximate surface area is 130 Å². The summed E-state index contributed by atoms with van der Waals surface area (Å²) in [6, 6.07) is 6.77. The van der Waals surface area contributed by atoms with Crippen molar-refractivity contribution in [2.45, 2.75) is 12.6 Å². The van der Waals surface area contributed by atoms with Crippen LogP contribution in [0.4, 0.5) is 0 Å². The van der Waals surface area contributed by atoms with E-state index in [9.17, 15) is 9.59 Å². The number of carboxylic acids is 1. The molecule has 0 saturated carbocycles. The molecule has 1 aromatic rings. The topological polar surface area (TPSA) is 83.6 Å². The zero-order valence-corrected chi connectivity index (χ0v) is 13.5. The van der Waals surface area contributed by atoms with Crippen molar-refractivity contribution < 1.29 is 14.7 Å². The summed E-state index contributed by atoms with van der Waals surface area (Å²) in [7, 11) is 1.72. The highest BCUT2D eigenvalue weighted by molar-refractivity contribution is 9.10. The minimum Gasteiger partial charge on any atom is -0.480 e. The second-order valence-electron chi connectivity index (χ2n) is 4.30. The maximum atomic E-state index is 11.9. The standard InChI is InChI=1S/C13H17BrN2O3S/c1-16(6-9-4-2-3-5-10(9)14)12(17)8-20-7-11(15)13(18)19/h2-5,11H,6-8,15H2,1H3,(H,18,19). The predicted molar refractivity (Wildman–Crippen MR) is 83.6 cm³/mol. The summed E-state index contributed by atoms with van der Waals surface area (Å²) < 4.78 is 0.959. The Hall–Kier alpha value is -1.05. The molecule has 1 unspecified atom stereocenters. The molecule has 5 nitrogen and oxygen atoms in total. The number of aliphatic carboxylic acids is 1. The number of benzene rings is 1. The minimum atomic E-state index is -1.05. The summed E-state index contributed by atoms with van der Waals surface area (Å²) in [6.07, 6.45) is 0. The molecule has 0 aromatic heterocycles. The van der Waals surface area contributed by atoms with Gasteiger partial charge in [-0.1, -0.05) is 34.1 Å². The van der Waals surface area contributed by atoms with Crippen LogP contribution in [-0.2, 0) is 16.1 Å². The van der Waals surface area contributed by atoms with Gasteiger partial charge in [0.15, 0.2) is 0 Å². The smallest absolute Gasteiger partial charge is 0.321 e. The van der Waals surface area contributed by atoms with E-state index in [0.717, 1.165) is 10.0 Å². The van der Waals surface area contributed by atoms with E-state index in [0.29, 0.717) is 6.54 Å². The molecule has 3 N–H and O–H groups in total. The van der Waals surface area contributed by atoms with Gasteiger partial charge in [0.1, 0.15) is 6.04 Å². The third-order valence-corrected chi connectivity index (χ3v) is 4.45. The maximum absolute atomic E-state index is 11.9. The number of thioether (sulfide) groups is 1. The van der Waals surface area contributed by atoms with Crippen LogP contribution in [0.3, 0.4) is 0 Å². The van der Waals surface area contributed by atoms with E-state index in [1.54, 1.807) is 11.9 Å². The molecule has 0 heterocycles. The molecule has 0 spiro atoms. The van der Waals surface area contributed by atoms with Gasteiger partial charge < -0.3 is 15.7 Å². The number of amides is 1. The molecule has 0 radical (unpaired) electrons. The molecule has 0 fully saturated rings. The van der Waals surface area contributed by atoms with Crippen LogP contribution in [0.5, 0.6) is 0 Å². The first-order chi connectivity index (χ1) is 9.41. The van der Waals surface area contributed by atoms with Crippen molar-refractivity contribution in [3.63, 3.8) is 0 Å². The lowest BCUT2D eigenvalue weighted by molar-refractivity contribution is -0.138. The fourth-order valence-electron chi connectivity index (χ4n) is 1.43. The average Bonchev–Trinajstić information content (AvgIpc) is 2.40. The summed E-state index contributed by atoms with van der Waals surface area (Å²) in [6.45, 7) is 0.506. The molecule has 0 bridgehead atoms. The van der Waals surface area contributed by atoms with Gasteiger partial charge in [0.25, 0.3) is 0 Å².